The van der Waals surface area contributed by atoms with E-state index in [9.17, 15) is 4.79 Å². The summed E-state index contributed by atoms with van der Waals surface area (Å²) in [6.45, 7) is -0.415. The monoisotopic (exact) mass is 312 g/mol. The molecule has 3 aliphatic rings. The number of allylic oxidation sites excluding steroid dienone is 7. The molecule has 0 amide bonds. The Hall–Kier alpha value is -1.19. The van der Waals surface area contributed by atoms with Crippen molar-refractivity contribution in [1.82, 2.24) is 0 Å². The normalized spacial score (nSPS) is 25.0. The fourth-order valence-electron chi connectivity index (χ4n) is 2.97. The molecule has 0 heterocycles. The van der Waals surface area contributed by atoms with E-state index < -0.39 is 18.0 Å². The van der Waals surface area contributed by atoms with Gasteiger partial charge in [0, 0.05) is 0 Å². The minimum atomic E-state index is -1.03. The average Bonchev–Trinajstić information content (AvgIpc) is 2.79. The summed E-state index contributed by atoms with van der Waals surface area (Å²) in [7, 11) is 0. The third-order valence-electron chi connectivity index (χ3n) is 3.83. The van der Waals surface area contributed by atoms with Crippen molar-refractivity contribution in [2.24, 2.45) is 0 Å². The Morgan fingerprint density at radius 2 is 2.10 bits per heavy atom. The first-order chi connectivity index (χ1) is 9.58. The maximum absolute atomic E-state index is 10.6. The zero-order valence-corrected chi connectivity index (χ0v) is 12.3. The number of halogens is 2. The molecule has 1 N–H and O–H groups in total. The zero-order chi connectivity index (χ0) is 14.3. The lowest BCUT2D eigenvalue weighted by atomic mass is 9.88. The molecule has 1 atom stereocenters. The summed E-state index contributed by atoms with van der Waals surface area (Å²) in [6, 6.07) is 0. The molecule has 5 heteroatoms. The number of carboxylic acids is 1. The average molecular weight is 313 g/mol. The van der Waals surface area contributed by atoms with Crippen LogP contribution in [-0.4, -0.2) is 23.1 Å². The SMILES string of the molecule is O=C(O)COC1=C(Cl)C(Cl)C2=C3CCCCC3=CC2=C1. The lowest BCUT2D eigenvalue weighted by Gasteiger charge is -2.23. The predicted molar refractivity (Wildman–Crippen MR) is 77.8 cm³/mol. The molecule has 0 bridgehead atoms. The smallest absolute Gasteiger partial charge is 0.341 e. The summed E-state index contributed by atoms with van der Waals surface area (Å²) in [5.41, 5.74) is 4.75. The number of alkyl halides is 1. The predicted octanol–water partition coefficient (Wildman–Crippen LogP) is 3.90. The highest BCUT2D eigenvalue weighted by atomic mass is 35.5. The van der Waals surface area contributed by atoms with Crippen LogP contribution in [0.2, 0.25) is 0 Å². The Balaban J connectivity index is 1.95. The summed E-state index contributed by atoms with van der Waals surface area (Å²) < 4.78 is 5.22. The van der Waals surface area contributed by atoms with Crippen LogP contribution in [-0.2, 0) is 9.53 Å². The first kappa shape index (κ1) is 13.8. The van der Waals surface area contributed by atoms with Gasteiger partial charge >= 0.3 is 5.97 Å². The molecule has 0 saturated heterocycles. The van der Waals surface area contributed by atoms with Crippen LogP contribution in [0, 0.1) is 0 Å². The first-order valence-electron chi connectivity index (χ1n) is 6.62. The number of rotatable bonds is 3. The third kappa shape index (κ3) is 2.29. The van der Waals surface area contributed by atoms with Crippen LogP contribution in [0.15, 0.2) is 45.2 Å². The highest BCUT2D eigenvalue weighted by Crippen LogP contribution is 2.47. The van der Waals surface area contributed by atoms with E-state index in [1.54, 1.807) is 6.08 Å². The summed E-state index contributed by atoms with van der Waals surface area (Å²) in [5, 5.41) is 8.62. The molecule has 1 saturated carbocycles. The standard InChI is InChI=1S/C15H14Cl2O3/c16-14-11(20-7-12(18)19)6-9-5-8-3-1-2-4-10(8)13(9)15(14)17/h5-6,15H,1-4,7H2,(H,18,19). The highest BCUT2D eigenvalue weighted by Gasteiger charge is 2.34. The van der Waals surface area contributed by atoms with Crippen molar-refractivity contribution < 1.29 is 14.6 Å². The first-order valence-corrected chi connectivity index (χ1v) is 7.43. The molecule has 3 rings (SSSR count). The minimum absolute atomic E-state index is 0.365. The van der Waals surface area contributed by atoms with Gasteiger partial charge in [0.25, 0.3) is 0 Å². The largest absolute Gasteiger partial charge is 0.481 e. The van der Waals surface area contributed by atoms with E-state index in [0.29, 0.717) is 10.8 Å². The van der Waals surface area contributed by atoms with Gasteiger partial charge in [-0.05, 0) is 54.1 Å². The summed E-state index contributed by atoms with van der Waals surface area (Å²) in [6.07, 6.45) is 8.42. The van der Waals surface area contributed by atoms with Gasteiger partial charge < -0.3 is 9.84 Å². The zero-order valence-electron chi connectivity index (χ0n) is 10.8. The molecule has 0 aliphatic heterocycles. The van der Waals surface area contributed by atoms with Gasteiger partial charge in [0.1, 0.15) is 5.76 Å². The molecular formula is C15H14Cl2O3. The van der Waals surface area contributed by atoms with E-state index >= 15 is 0 Å². The van der Waals surface area contributed by atoms with E-state index in [2.05, 4.69) is 6.08 Å². The molecule has 0 aromatic heterocycles. The molecule has 1 unspecified atom stereocenters. The van der Waals surface area contributed by atoms with Crippen LogP contribution in [0.3, 0.4) is 0 Å². The van der Waals surface area contributed by atoms with Gasteiger partial charge in [-0.25, -0.2) is 4.79 Å². The second-order valence-electron chi connectivity index (χ2n) is 5.13. The molecule has 3 nitrogen and oxygen atoms in total. The third-order valence-corrected chi connectivity index (χ3v) is 4.78. The Morgan fingerprint density at radius 1 is 1.35 bits per heavy atom. The van der Waals surface area contributed by atoms with E-state index in [-0.39, 0.29) is 0 Å². The van der Waals surface area contributed by atoms with Crippen LogP contribution in [0.1, 0.15) is 25.7 Å². The summed E-state index contributed by atoms with van der Waals surface area (Å²) in [4.78, 5) is 10.6. The van der Waals surface area contributed by atoms with Crippen molar-refractivity contribution in [2.45, 2.75) is 31.1 Å². The lowest BCUT2D eigenvalue weighted by molar-refractivity contribution is -0.140. The summed E-state index contributed by atoms with van der Waals surface area (Å²) in [5.74, 6) is -0.669. The quantitative estimate of drug-likeness (QED) is 0.804. The van der Waals surface area contributed by atoms with Gasteiger partial charge in [0.2, 0.25) is 0 Å². The molecule has 106 valence electrons. The molecular weight excluding hydrogens is 299 g/mol. The molecule has 0 aromatic rings. The number of hydrogen-bond donors (Lipinski definition) is 1. The number of ether oxygens (including phenoxy) is 1. The Morgan fingerprint density at radius 3 is 2.85 bits per heavy atom. The van der Waals surface area contributed by atoms with Gasteiger partial charge in [-0.3, -0.25) is 0 Å². The molecule has 20 heavy (non-hydrogen) atoms. The maximum Gasteiger partial charge on any atom is 0.341 e. The topological polar surface area (TPSA) is 46.5 Å². The molecule has 0 spiro atoms. The second kappa shape index (κ2) is 5.30. The molecule has 3 aliphatic carbocycles. The van der Waals surface area contributed by atoms with Crippen LogP contribution in [0.25, 0.3) is 0 Å². The number of hydrogen-bond acceptors (Lipinski definition) is 2. The van der Waals surface area contributed by atoms with E-state index in [1.807, 2.05) is 0 Å². The van der Waals surface area contributed by atoms with Crippen molar-refractivity contribution in [3.05, 3.63) is 45.2 Å². The van der Waals surface area contributed by atoms with Gasteiger partial charge in [-0.15, -0.1) is 11.6 Å². The van der Waals surface area contributed by atoms with E-state index in [1.165, 1.54) is 24.0 Å². The van der Waals surface area contributed by atoms with Gasteiger partial charge in [0.15, 0.2) is 6.61 Å². The fourth-order valence-corrected chi connectivity index (χ4v) is 3.55. The number of carbonyl (C=O) groups is 1. The van der Waals surface area contributed by atoms with Gasteiger partial charge in [-0.1, -0.05) is 17.7 Å². The molecule has 0 radical (unpaired) electrons. The van der Waals surface area contributed by atoms with Gasteiger partial charge in [0.05, 0.1) is 10.4 Å². The van der Waals surface area contributed by atoms with Crippen molar-refractivity contribution in [2.75, 3.05) is 6.61 Å². The van der Waals surface area contributed by atoms with Crippen LogP contribution in [0.4, 0.5) is 0 Å². The van der Waals surface area contributed by atoms with Gasteiger partial charge in [-0.2, -0.15) is 0 Å². The minimum Gasteiger partial charge on any atom is -0.481 e. The lowest BCUT2D eigenvalue weighted by Crippen LogP contribution is -2.16. The van der Waals surface area contributed by atoms with Crippen LogP contribution >= 0.6 is 23.2 Å². The Kier molecular flexibility index (Phi) is 3.65. The summed E-state index contributed by atoms with van der Waals surface area (Å²) >= 11 is 12.7. The fraction of sp³-hybridized carbons (Fsp3) is 0.400. The van der Waals surface area contributed by atoms with E-state index in [4.69, 9.17) is 33.0 Å². The van der Waals surface area contributed by atoms with Crippen molar-refractivity contribution in [3.63, 3.8) is 0 Å². The van der Waals surface area contributed by atoms with Crippen molar-refractivity contribution in [1.29, 1.82) is 0 Å². The van der Waals surface area contributed by atoms with E-state index in [0.717, 1.165) is 24.0 Å². The number of aliphatic carboxylic acids is 1. The Bertz CT molecular complexity index is 596. The van der Waals surface area contributed by atoms with Crippen molar-refractivity contribution in [3.8, 4) is 0 Å². The van der Waals surface area contributed by atoms with Crippen LogP contribution < -0.4 is 0 Å². The molecule has 1 fully saturated rings. The molecule has 0 aromatic carbocycles. The van der Waals surface area contributed by atoms with Crippen molar-refractivity contribution >= 4 is 29.2 Å². The highest BCUT2D eigenvalue weighted by molar-refractivity contribution is 6.39. The van der Waals surface area contributed by atoms with Crippen LogP contribution in [0.5, 0.6) is 0 Å². The number of carboxylic acid groups (broad SMARTS) is 1. The maximum atomic E-state index is 10.6. The Labute approximate surface area is 127 Å². The number of fused-ring (bicyclic) bond motifs is 2. The second-order valence-corrected chi connectivity index (χ2v) is 5.97.